The molecule has 0 spiro atoms. The van der Waals surface area contributed by atoms with Crippen molar-refractivity contribution in [2.45, 2.75) is 0 Å². The van der Waals surface area contributed by atoms with Crippen LogP contribution < -0.4 is 10.1 Å². The van der Waals surface area contributed by atoms with Gasteiger partial charge in [0.1, 0.15) is 23.4 Å². The van der Waals surface area contributed by atoms with Crippen LogP contribution in [0.25, 0.3) is 33.8 Å². The highest BCUT2D eigenvalue weighted by atomic mass is 16.5. The highest BCUT2D eigenvalue weighted by Gasteiger charge is 2.17. The van der Waals surface area contributed by atoms with Crippen molar-refractivity contribution in [2.24, 2.45) is 0 Å². The molecule has 0 aliphatic rings. The Labute approximate surface area is 177 Å². The number of ether oxygens (including phenoxy) is 1. The van der Waals surface area contributed by atoms with Gasteiger partial charge in [0.25, 0.3) is 5.91 Å². The predicted octanol–water partition coefficient (Wildman–Crippen LogP) is 5.41. The van der Waals surface area contributed by atoms with Crippen molar-refractivity contribution in [2.75, 3.05) is 12.4 Å². The van der Waals surface area contributed by atoms with E-state index in [0.717, 1.165) is 5.56 Å². The highest BCUT2D eigenvalue weighted by molar-refractivity contribution is 6.07. The van der Waals surface area contributed by atoms with E-state index in [-0.39, 0.29) is 5.91 Å². The van der Waals surface area contributed by atoms with Gasteiger partial charge in [0.05, 0.1) is 12.5 Å². The standard InChI is InChI=1S/C24H17N3O4/c1-29-18-9-5-8-17(13-18)25-23(28)16-10-11-21-19(12-16)22(27-31-21)20-14-30-24(26-20)15-6-3-2-4-7-15/h2-14H,1H3,(H,25,28). The lowest BCUT2D eigenvalue weighted by atomic mass is 10.1. The third-order valence-electron chi connectivity index (χ3n) is 4.83. The predicted molar refractivity (Wildman–Crippen MR) is 116 cm³/mol. The topological polar surface area (TPSA) is 90.4 Å². The molecule has 5 aromatic rings. The Kier molecular flexibility index (Phi) is 4.68. The van der Waals surface area contributed by atoms with Gasteiger partial charge >= 0.3 is 0 Å². The van der Waals surface area contributed by atoms with Crippen LogP contribution in [0.15, 0.2) is 88.0 Å². The van der Waals surface area contributed by atoms with Gasteiger partial charge < -0.3 is 19.0 Å². The van der Waals surface area contributed by atoms with Gasteiger partial charge in [-0.25, -0.2) is 4.98 Å². The van der Waals surface area contributed by atoms with Gasteiger partial charge in [-0.15, -0.1) is 0 Å². The van der Waals surface area contributed by atoms with E-state index in [1.807, 2.05) is 42.5 Å². The minimum atomic E-state index is -0.257. The molecule has 1 amide bonds. The quantitative estimate of drug-likeness (QED) is 0.416. The number of amides is 1. The number of anilines is 1. The summed E-state index contributed by atoms with van der Waals surface area (Å²) in [4.78, 5) is 17.3. The zero-order chi connectivity index (χ0) is 21.2. The Morgan fingerprint density at radius 1 is 1.00 bits per heavy atom. The number of benzene rings is 3. The lowest BCUT2D eigenvalue weighted by Crippen LogP contribution is -2.11. The molecule has 5 rings (SSSR count). The van der Waals surface area contributed by atoms with E-state index in [1.54, 1.807) is 37.4 Å². The lowest BCUT2D eigenvalue weighted by molar-refractivity contribution is 0.102. The molecule has 0 bridgehead atoms. The first-order chi connectivity index (χ1) is 15.2. The van der Waals surface area contributed by atoms with Gasteiger partial charge in [-0.05, 0) is 42.5 Å². The van der Waals surface area contributed by atoms with E-state index >= 15 is 0 Å². The summed E-state index contributed by atoms with van der Waals surface area (Å²) >= 11 is 0. The first kappa shape index (κ1) is 18.6. The molecular weight excluding hydrogens is 394 g/mol. The SMILES string of the molecule is COc1cccc(NC(=O)c2ccc3onc(-c4coc(-c5ccccc5)n4)c3c2)c1. The first-order valence-corrected chi connectivity index (χ1v) is 9.57. The summed E-state index contributed by atoms with van der Waals surface area (Å²) in [6.07, 6.45) is 1.53. The summed E-state index contributed by atoms with van der Waals surface area (Å²) in [7, 11) is 1.58. The van der Waals surface area contributed by atoms with E-state index < -0.39 is 0 Å². The summed E-state index contributed by atoms with van der Waals surface area (Å²) in [5.74, 6) is 0.890. The third-order valence-corrected chi connectivity index (χ3v) is 4.83. The van der Waals surface area contributed by atoms with Gasteiger partial charge in [0.2, 0.25) is 5.89 Å². The van der Waals surface area contributed by atoms with Crippen LogP contribution in [0.4, 0.5) is 5.69 Å². The van der Waals surface area contributed by atoms with Gasteiger partial charge in [-0.1, -0.05) is 29.4 Å². The molecule has 0 aliphatic heterocycles. The Hall–Kier alpha value is -4.39. The van der Waals surface area contributed by atoms with Crippen LogP contribution in [-0.2, 0) is 0 Å². The van der Waals surface area contributed by atoms with Crippen LogP contribution >= 0.6 is 0 Å². The van der Waals surface area contributed by atoms with E-state index in [1.165, 1.54) is 6.26 Å². The molecule has 3 aromatic carbocycles. The summed E-state index contributed by atoms with van der Waals surface area (Å²) in [6.45, 7) is 0. The Morgan fingerprint density at radius 2 is 1.87 bits per heavy atom. The monoisotopic (exact) mass is 411 g/mol. The van der Waals surface area contributed by atoms with Crippen molar-refractivity contribution < 1.29 is 18.5 Å². The number of methoxy groups -OCH3 is 1. The number of nitrogens with one attached hydrogen (secondary N) is 1. The summed E-state index contributed by atoms with van der Waals surface area (Å²) in [5, 5.41) is 7.68. The molecule has 0 radical (unpaired) electrons. The van der Waals surface area contributed by atoms with Crippen molar-refractivity contribution >= 4 is 22.6 Å². The highest BCUT2D eigenvalue weighted by Crippen LogP contribution is 2.30. The molecule has 0 fully saturated rings. The fourth-order valence-corrected chi connectivity index (χ4v) is 3.26. The maximum absolute atomic E-state index is 12.8. The Bertz CT molecular complexity index is 1370. The lowest BCUT2D eigenvalue weighted by Gasteiger charge is -2.07. The molecular formula is C24H17N3O4. The number of fused-ring (bicyclic) bond motifs is 1. The van der Waals surface area contributed by atoms with Crippen LogP contribution in [0.3, 0.4) is 0 Å². The number of hydrogen-bond donors (Lipinski definition) is 1. The zero-order valence-electron chi connectivity index (χ0n) is 16.5. The Morgan fingerprint density at radius 3 is 2.71 bits per heavy atom. The third kappa shape index (κ3) is 3.64. The largest absolute Gasteiger partial charge is 0.497 e. The molecule has 0 saturated heterocycles. The molecule has 0 saturated carbocycles. The van der Waals surface area contributed by atoms with Gasteiger partial charge in [-0.2, -0.15) is 0 Å². The van der Waals surface area contributed by atoms with E-state index in [4.69, 9.17) is 13.7 Å². The number of carbonyl (C=O) groups is 1. The van der Waals surface area contributed by atoms with Crippen molar-refractivity contribution in [1.29, 1.82) is 0 Å². The van der Waals surface area contributed by atoms with Crippen molar-refractivity contribution in [3.63, 3.8) is 0 Å². The van der Waals surface area contributed by atoms with Gasteiger partial charge in [0, 0.05) is 22.9 Å². The molecule has 152 valence electrons. The van der Waals surface area contributed by atoms with Crippen molar-refractivity contribution in [1.82, 2.24) is 10.1 Å². The molecule has 7 nitrogen and oxygen atoms in total. The molecule has 31 heavy (non-hydrogen) atoms. The van der Waals surface area contributed by atoms with Crippen LogP contribution in [0, 0.1) is 0 Å². The normalized spacial score (nSPS) is 10.9. The van der Waals surface area contributed by atoms with E-state index in [2.05, 4.69) is 15.5 Å². The number of aromatic nitrogens is 2. The minimum absolute atomic E-state index is 0.257. The second kappa shape index (κ2) is 7.79. The maximum atomic E-state index is 12.8. The van der Waals surface area contributed by atoms with Gasteiger partial charge in [-0.3, -0.25) is 4.79 Å². The van der Waals surface area contributed by atoms with E-state index in [9.17, 15) is 4.79 Å². The second-order valence-corrected chi connectivity index (χ2v) is 6.83. The minimum Gasteiger partial charge on any atom is -0.497 e. The molecule has 7 heteroatoms. The molecule has 2 heterocycles. The average Bonchev–Trinajstić information content (AvgIpc) is 3.46. The maximum Gasteiger partial charge on any atom is 0.255 e. The van der Waals surface area contributed by atoms with Crippen LogP contribution in [-0.4, -0.2) is 23.2 Å². The van der Waals surface area contributed by atoms with Crippen LogP contribution in [0.2, 0.25) is 0 Å². The summed E-state index contributed by atoms with van der Waals surface area (Å²) in [6, 6.07) is 21.9. The Balaban J connectivity index is 1.46. The smallest absolute Gasteiger partial charge is 0.255 e. The molecule has 0 atom stereocenters. The second-order valence-electron chi connectivity index (χ2n) is 6.83. The summed E-state index contributed by atoms with van der Waals surface area (Å²) < 4.78 is 16.2. The molecule has 2 aromatic heterocycles. The fourth-order valence-electron chi connectivity index (χ4n) is 3.26. The molecule has 1 N–H and O–H groups in total. The van der Waals surface area contributed by atoms with E-state index in [0.29, 0.717) is 45.2 Å². The molecule has 0 unspecified atom stereocenters. The zero-order valence-corrected chi connectivity index (χ0v) is 16.5. The first-order valence-electron chi connectivity index (χ1n) is 9.57. The van der Waals surface area contributed by atoms with Gasteiger partial charge in [0.15, 0.2) is 5.58 Å². The number of oxazole rings is 1. The van der Waals surface area contributed by atoms with Crippen LogP contribution in [0.1, 0.15) is 10.4 Å². The number of rotatable bonds is 5. The van der Waals surface area contributed by atoms with Crippen molar-refractivity contribution in [3.05, 3.63) is 84.6 Å². The van der Waals surface area contributed by atoms with Crippen LogP contribution in [0.5, 0.6) is 5.75 Å². The number of nitrogens with zero attached hydrogens (tertiary/aromatic N) is 2. The molecule has 0 aliphatic carbocycles. The van der Waals surface area contributed by atoms with Crippen molar-refractivity contribution in [3.8, 4) is 28.6 Å². The fraction of sp³-hybridized carbons (Fsp3) is 0.0417. The number of carbonyl (C=O) groups excluding carboxylic acids is 1. The summed E-state index contributed by atoms with van der Waals surface area (Å²) in [5.41, 5.74) is 3.56. The average molecular weight is 411 g/mol. The number of hydrogen-bond acceptors (Lipinski definition) is 6.